The Morgan fingerprint density at radius 1 is 0.778 bits per heavy atom. The van der Waals surface area contributed by atoms with E-state index < -0.39 is 54.5 Å². The molecular weight excluding hydrogens is 486 g/mol. The molecule has 0 radical (unpaired) electrons. The molecule has 14 nitrogen and oxygen atoms in total. The number of amides is 1. The second kappa shape index (κ2) is 16.8. The number of esters is 4. The van der Waals surface area contributed by atoms with Gasteiger partial charge in [-0.1, -0.05) is 0 Å². The summed E-state index contributed by atoms with van der Waals surface area (Å²) in [5.41, 5.74) is 0. The Morgan fingerprint density at radius 2 is 1.36 bits per heavy atom. The van der Waals surface area contributed by atoms with Crippen molar-refractivity contribution in [3.8, 4) is 0 Å². The number of hydrogen-bond donors (Lipinski definition) is 1. The zero-order valence-corrected chi connectivity index (χ0v) is 21.1. The third-order valence-corrected chi connectivity index (χ3v) is 4.63. The maximum absolute atomic E-state index is 11.9. The molecule has 0 aromatic carbocycles. The summed E-state index contributed by atoms with van der Waals surface area (Å²) in [6.45, 7) is 5.22. The van der Waals surface area contributed by atoms with Gasteiger partial charge in [0.1, 0.15) is 18.8 Å². The number of methoxy groups -OCH3 is 1. The largest absolute Gasteiger partial charge is 0.469 e. The van der Waals surface area contributed by atoms with E-state index in [1.54, 1.807) is 0 Å². The number of hydrogen-bond acceptors (Lipinski definition) is 13. The first kappa shape index (κ1) is 31.2. The first-order valence-electron chi connectivity index (χ1n) is 11.3. The van der Waals surface area contributed by atoms with Crippen molar-refractivity contribution >= 4 is 29.8 Å². The molecule has 36 heavy (non-hydrogen) atoms. The van der Waals surface area contributed by atoms with E-state index in [2.05, 4.69) is 10.1 Å². The van der Waals surface area contributed by atoms with Gasteiger partial charge in [-0.3, -0.25) is 24.0 Å². The van der Waals surface area contributed by atoms with Crippen LogP contribution in [-0.4, -0.2) is 107 Å². The van der Waals surface area contributed by atoms with Crippen LogP contribution in [0, 0.1) is 0 Å². The molecule has 0 aromatic heterocycles. The van der Waals surface area contributed by atoms with E-state index in [9.17, 15) is 24.0 Å². The van der Waals surface area contributed by atoms with Gasteiger partial charge in [-0.05, 0) is 0 Å². The van der Waals surface area contributed by atoms with Crippen molar-refractivity contribution in [1.82, 2.24) is 5.32 Å². The lowest BCUT2D eigenvalue weighted by atomic mass is 9.96. The molecule has 1 rings (SSSR count). The third kappa shape index (κ3) is 12.2. The van der Waals surface area contributed by atoms with Gasteiger partial charge in [-0.15, -0.1) is 0 Å². The van der Waals surface area contributed by atoms with Gasteiger partial charge in [0, 0.05) is 27.7 Å². The predicted molar refractivity (Wildman–Crippen MR) is 118 cm³/mol. The van der Waals surface area contributed by atoms with Gasteiger partial charge in [-0.2, -0.15) is 0 Å². The molecule has 1 aliphatic rings. The van der Waals surface area contributed by atoms with Gasteiger partial charge in [0.05, 0.1) is 46.6 Å². The van der Waals surface area contributed by atoms with Crippen LogP contribution in [0.1, 0.15) is 34.1 Å². The Kier molecular flexibility index (Phi) is 14.6. The summed E-state index contributed by atoms with van der Waals surface area (Å²) in [5, 5.41) is 2.60. The van der Waals surface area contributed by atoms with Crippen molar-refractivity contribution < 1.29 is 61.9 Å². The number of carbonyl (C=O) groups excluding carboxylic acids is 5. The lowest BCUT2D eigenvalue weighted by Crippen LogP contribution is -2.66. The Balaban J connectivity index is 2.80. The average Bonchev–Trinajstić information content (AvgIpc) is 2.79. The summed E-state index contributed by atoms with van der Waals surface area (Å²) in [7, 11) is 1.29. The van der Waals surface area contributed by atoms with Crippen LogP contribution in [0.2, 0.25) is 0 Å². The maximum Gasteiger partial charge on any atom is 0.307 e. The maximum atomic E-state index is 11.9. The number of rotatable bonds is 15. The van der Waals surface area contributed by atoms with E-state index in [-0.39, 0.29) is 52.0 Å². The predicted octanol–water partition coefficient (Wildman–Crippen LogP) is -0.745. The molecule has 14 heteroatoms. The third-order valence-electron chi connectivity index (χ3n) is 4.63. The van der Waals surface area contributed by atoms with Crippen molar-refractivity contribution in [3.63, 3.8) is 0 Å². The van der Waals surface area contributed by atoms with E-state index in [1.165, 1.54) is 21.0 Å². The van der Waals surface area contributed by atoms with E-state index >= 15 is 0 Å². The van der Waals surface area contributed by atoms with Crippen LogP contribution < -0.4 is 5.32 Å². The van der Waals surface area contributed by atoms with Crippen LogP contribution in [0.5, 0.6) is 0 Å². The van der Waals surface area contributed by atoms with Crippen LogP contribution in [-0.2, 0) is 61.9 Å². The summed E-state index contributed by atoms with van der Waals surface area (Å²) in [5.74, 6) is -2.85. The smallest absolute Gasteiger partial charge is 0.307 e. The number of carbonyl (C=O) groups is 5. The van der Waals surface area contributed by atoms with Gasteiger partial charge >= 0.3 is 23.9 Å². The Hall–Kier alpha value is -2.81. The first-order chi connectivity index (χ1) is 17.0. The summed E-state index contributed by atoms with van der Waals surface area (Å²) in [4.78, 5) is 57.8. The Bertz CT molecular complexity index is 743. The number of nitrogens with one attached hydrogen (secondary N) is 1. The second-order valence-electron chi connectivity index (χ2n) is 7.64. The molecule has 1 N–H and O–H groups in total. The minimum absolute atomic E-state index is 0.00816. The fourth-order valence-electron chi connectivity index (χ4n) is 3.24. The fraction of sp³-hybridized carbons (Fsp3) is 0.773. The van der Waals surface area contributed by atoms with Gasteiger partial charge in [0.2, 0.25) is 5.91 Å². The summed E-state index contributed by atoms with van der Waals surface area (Å²) in [6, 6.07) is -1.05. The molecule has 0 aliphatic carbocycles. The fourth-order valence-corrected chi connectivity index (χ4v) is 3.24. The van der Waals surface area contributed by atoms with Crippen molar-refractivity contribution in [3.05, 3.63) is 0 Å². The van der Waals surface area contributed by atoms with E-state index in [0.717, 1.165) is 13.8 Å². The van der Waals surface area contributed by atoms with Crippen LogP contribution in [0.25, 0.3) is 0 Å². The van der Waals surface area contributed by atoms with Crippen LogP contribution in [0.15, 0.2) is 0 Å². The highest BCUT2D eigenvalue weighted by Crippen LogP contribution is 2.28. The van der Waals surface area contributed by atoms with Crippen molar-refractivity contribution in [1.29, 1.82) is 0 Å². The molecule has 1 aliphatic heterocycles. The lowest BCUT2D eigenvalue weighted by Gasteiger charge is -2.44. The summed E-state index contributed by atoms with van der Waals surface area (Å²) in [6.07, 6.45) is -4.47. The van der Waals surface area contributed by atoms with Crippen molar-refractivity contribution in [2.75, 3.05) is 46.8 Å². The monoisotopic (exact) mass is 521 g/mol. The topological polar surface area (TPSA) is 171 Å². The molecule has 0 spiro atoms. The van der Waals surface area contributed by atoms with Gasteiger partial charge in [0.25, 0.3) is 0 Å². The normalized spacial score (nSPS) is 23.3. The molecule has 0 aromatic rings. The molecule has 2 unspecified atom stereocenters. The van der Waals surface area contributed by atoms with Crippen LogP contribution >= 0.6 is 0 Å². The molecule has 0 bridgehead atoms. The van der Waals surface area contributed by atoms with E-state index in [1.807, 2.05) is 0 Å². The molecule has 1 fully saturated rings. The van der Waals surface area contributed by atoms with E-state index in [0.29, 0.717) is 0 Å². The van der Waals surface area contributed by atoms with Gasteiger partial charge in [0.15, 0.2) is 18.5 Å². The van der Waals surface area contributed by atoms with Crippen molar-refractivity contribution in [2.45, 2.75) is 64.8 Å². The average molecular weight is 522 g/mol. The highest BCUT2D eigenvalue weighted by Gasteiger charge is 2.51. The molecule has 1 amide bonds. The van der Waals surface area contributed by atoms with Crippen LogP contribution in [0.4, 0.5) is 0 Å². The number of ether oxygens (including phenoxy) is 8. The first-order valence-corrected chi connectivity index (χ1v) is 11.3. The molecule has 0 saturated carbocycles. The van der Waals surface area contributed by atoms with Gasteiger partial charge in [-0.25, -0.2) is 0 Å². The van der Waals surface area contributed by atoms with Crippen LogP contribution in [0.3, 0.4) is 0 Å². The lowest BCUT2D eigenvalue weighted by molar-refractivity contribution is -0.279. The quantitative estimate of drug-likeness (QED) is 0.162. The Morgan fingerprint density at radius 3 is 1.92 bits per heavy atom. The zero-order valence-electron chi connectivity index (χ0n) is 21.1. The zero-order chi connectivity index (χ0) is 27.1. The van der Waals surface area contributed by atoms with Gasteiger partial charge < -0.3 is 43.2 Å². The highest BCUT2D eigenvalue weighted by atomic mass is 16.7. The molecule has 5 atom stereocenters. The standard InChI is InChI=1S/C22H35NO13/c1-13(24)23-19-21(35-16(4)27)20(34-15(3)26)17(12-33-14(2)25)36-22(19)32-11-10-31-9-8-30-7-6-18(28)29-5/h17,19-22H,6-12H2,1-5H3,(H,23,24)/t17?,19?,20-,21+,22+/m0/s1. The summed E-state index contributed by atoms with van der Waals surface area (Å²) < 4.78 is 42.5. The molecular formula is C22H35NO13. The Labute approximate surface area is 209 Å². The second-order valence-corrected chi connectivity index (χ2v) is 7.64. The van der Waals surface area contributed by atoms with E-state index in [4.69, 9.17) is 33.2 Å². The summed E-state index contributed by atoms with van der Waals surface area (Å²) >= 11 is 0. The highest BCUT2D eigenvalue weighted by molar-refractivity contribution is 5.73. The molecule has 1 saturated heterocycles. The molecule has 206 valence electrons. The molecule has 1 heterocycles. The SMILES string of the molecule is COC(=O)CCOCCOCCO[C@@H]1OC(COC(C)=O)[C@H](OC(C)=O)[C@H](OC(C)=O)C1NC(C)=O. The minimum Gasteiger partial charge on any atom is -0.469 e. The minimum atomic E-state index is -1.20. The van der Waals surface area contributed by atoms with Crippen molar-refractivity contribution in [2.24, 2.45) is 0 Å².